The van der Waals surface area contributed by atoms with Crippen molar-refractivity contribution in [1.29, 1.82) is 0 Å². The molecule has 162 valence electrons. The van der Waals surface area contributed by atoms with E-state index in [-0.39, 0.29) is 18.0 Å². The molecule has 1 aliphatic heterocycles. The highest BCUT2D eigenvalue weighted by Crippen LogP contribution is 2.38. The van der Waals surface area contributed by atoms with E-state index in [1.54, 1.807) is 20.5 Å². The maximum Gasteiger partial charge on any atom is 0.278 e. The summed E-state index contributed by atoms with van der Waals surface area (Å²) in [5.74, 6) is 2.50. The van der Waals surface area contributed by atoms with E-state index in [1.807, 2.05) is 53.4 Å². The van der Waals surface area contributed by atoms with Crippen molar-refractivity contribution in [1.82, 2.24) is 4.90 Å². The van der Waals surface area contributed by atoms with E-state index in [9.17, 15) is 4.79 Å². The molecule has 6 heteroatoms. The smallest absolute Gasteiger partial charge is 0.278 e. The number of carbonyl (C=O) groups excluding carboxylic acids is 1. The Balaban J connectivity index is 1.51. The van der Waals surface area contributed by atoms with Crippen molar-refractivity contribution in [2.75, 3.05) is 27.3 Å². The first-order valence-corrected chi connectivity index (χ1v) is 10.6. The average Bonchev–Trinajstić information content (AvgIpc) is 3.52. The van der Waals surface area contributed by atoms with Gasteiger partial charge >= 0.3 is 0 Å². The number of methoxy groups -OCH3 is 2. The lowest BCUT2D eigenvalue weighted by Crippen LogP contribution is -2.87. The van der Waals surface area contributed by atoms with Gasteiger partial charge < -0.3 is 24.1 Å². The average molecular weight is 422 g/mol. The summed E-state index contributed by atoms with van der Waals surface area (Å²) < 4.78 is 16.6. The Labute approximate surface area is 182 Å². The van der Waals surface area contributed by atoms with Crippen molar-refractivity contribution in [3.05, 3.63) is 83.8 Å². The van der Waals surface area contributed by atoms with E-state index in [0.717, 1.165) is 47.8 Å². The Morgan fingerprint density at radius 2 is 1.97 bits per heavy atom. The summed E-state index contributed by atoms with van der Waals surface area (Å²) in [6.45, 7) is 1.08. The molecule has 1 aromatic heterocycles. The second-order valence-electron chi connectivity index (χ2n) is 7.70. The molecule has 1 fully saturated rings. The highest BCUT2D eigenvalue weighted by molar-refractivity contribution is 5.78. The van der Waals surface area contributed by atoms with E-state index < -0.39 is 0 Å². The summed E-state index contributed by atoms with van der Waals surface area (Å²) in [4.78, 5) is 15.3. The van der Waals surface area contributed by atoms with E-state index in [4.69, 9.17) is 13.9 Å². The Kier molecular flexibility index (Phi) is 6.57. The molecule has 2 aromatic carbocycles. The van der Waals surface area contributed by atoms with Crippen LogP contribution in [-0.4, -0.2) is 38.1 Å². The van der Waals surface area contributed by atoms with Gasteiger partial charge in [-0.05, 0) is 43.2 Å². The lowest BCUT2D eigenvalue weighted by molar-refractivity contribution is -0.679. The standard InChI is InChI=1S/C25H28N2O4/c1-29-19-12-13-22(30-2)20(16-19)21-10-6-14-27(21)24(28)17-26-25(23-11-7-15-31-23)18-8-4-3-5-9-18/h3-5,7-9,11-13,15-16,21,25-26H,6,10,14,17H2,1-2H3/p+1/t21-,25-/m0/s1. The zero-order valence-corrected chi connectivity index (χ0v) is 18.0. The number of ether oxygens (including phenoxy) is 2. The van der Waals surface area contributed by atoms with Gasteiger partial charge in [0.15, 0.2) is 18.3 Å². The van der Waals surface area contributed by atoms with Crippen LogP contribution in [0.2, 0.25) is 0 Å². The van der Waals surface area contributed by atoms with Crippen LogP contribution in [0.5, 0.6) is 11.5 Å². The van der Waals surface area contributed by atoms with Gasteiger partial charge in [-0.25, -0.2) is 0 Å². The normalized spacial score (nSPS) is 16.8. The number of benzene rings is 2. The van der Waals surface area contributed by atoms with Crippen LogP contribution >= 0.6 is 0 Å². The molecule has 0 unspecified atom stereocenters. The maximum absolute atomic E-state index is 13.3. The summed E-state index contributed by atoms with van der Waals surface area (Å²) in [5, 5.41) is 2.05. The molecular formula is C25H29N2O4+. The Bertz CT molecular complexity index is 988. The van der Waals surface area contributed by atoms with Gasteiger partial charge in [0.1, 0.15) is 11.5 Å². The third-order valence-electron chi connectivity index (χ3n) is 5.91. The van der Waals surface area contributed by atoms with Crippen LogP contribution in [0.3, 0.4) is 0 Å². The minimum atomic E-state index is -0.0624. The molecule has 2 atom stereocenters. The van der Waals surface area contributed by atoms with Crippen LogP contribution < -0.4 is 14.8 Å². The minimum absolute atomic E-state index is 0.00950. The number of nitrogens with two attached hydrogens (primary N) is 1. The fraction of sp³-hybridized carbons (Fsp3) is 0.320. The number of hydrogen-bond donors (Lipinski definition) is 1. The molecule has 0 saturated carbocycles. The lowest BCUT2D eigenvalue weighted by Gasteiger charge is -2.26. The quantitative estimate of drug-likeness (QED) is 0.606. The van der Waals surface area contributed by atoms with Gasteiger partial charge in [0.25, 0.3) is 5.91 Å². The molecule has 1 aliphatic rings. The lowest BCUT2D eigenvalue weighted by atomic mass is 10.0. The predicted molar refractivity (Wildman–Crippen MR) is 117 cm³/mol. The first kappa shape index (κ1) is 21.0. The molecule has 3 aromatic rings. The van der Waals surface area contributed by atoms with Crippen LogP contribution in [0.25, 0.3) is 0 Å². The van der Waals surface area contributed by atoms with Gasteiger partial charge in [-0.15, -0.1) is 0 Å². The zero-order valence-electron chi connectivity index (χ0n) is 18.0. The number of amides is 1. The Morgan fingerprint density at radius 3 is 2.68 bits per heavy atom. The molecule has 6 nitrogen and oxygen atoms in total. The largest absolute Gasteiger partial charge is 0.497 e. The van der Waals surface area contributed by atoms with Gasteiger partial charge in [0, 0.05) is 17.7 Å². The summed E-state index contributed by atoms with van der Waals surface area (Å²) in [5.41, 5.74) is 2.11. The van der Waals surface area contributed by atoms with Crippen molar-refractivity contribution < 1.29 is 24.0 Å². The van der Waals surface area contributed by atoms with Crippen molar-refractivity contribution in [3.8, 4) is 11.5 Å². The molecule has 2 N–H and O–H groups in total. The van der Waals surface area contributed by atoms with E-state index in [0.29, 0.717) is 6.54 Å². The predicted octanol–water partition coefficient (Wildman–Crippen LogP) is 3.31. The Hall–Kier alpha value is -3.25. The van der Waals surface area contributed by atoms with Crippen LogP contribution in [0.1, 0.15) is 41.8 Å². The summed E-state index contributed by atoms with van der Waals surface area (Å²) >= 11 is 0. The monoisotopic (exact) mass is 421 g/mol. The van der Waals surface area contributed by atoms with Crippen LogP contribution in [0, 0.1) is 0 Å². The van der Waals surface area contributed by atoms with Gasteiger partial charge in [0.05, 0.1) is 26.5 Å². The number of quaternary nitrogens is 1. The van der Waals surface area contributed by atoms with Crippen molar-refractivity contribution >= 4 is 5.91 Å². The highest BCUT2D eigenvalue weighted by Gasteiger charge is 2.33. The summed E-state index contributed by atoms with van der Waals surface area (Å²) in [6, 6.07) is 19.7. The second-order valence-corrected chi connectivity index (χ2v) is 7.70. The first-order chi connectivity index (χ1) is 15.2. The molecule has 2 heterocycles. The van der Waals surface area contributed by atoms with Crippen molar-refractivity contribution in [2.45, 2.75) is 24.9 Å². The van der Waals surface area contributed by atoms with Gasteiger partial charge in [-0.2, -0.15) is 0 Å². The fourth-order valence-electron chi connectivity index (χ4n) is 4.37. The molecule has 0 radical (unpaired) electrons. The highest BCUT2D eigenvalue weighted by atomic mass is 16.5. The molecule has 4 rings (SSSR count). The summed E-state index contributed by atoms with van der Waals surface area (Å²) in [7, 11) is 3.31. The fourth-order valence-corrected chi connectivity index (χ4v) is 4.37. The van der Waals surface area contributed by atoms with Crippen LogP contribution in [0.4, 0.5) is 0 Å². The first-order valence-electron chi connectivity index (χ1n) is 10.6. The van der Waals surface area contributed by atoms with Crippen LogP contribution in [0.15, 0.2) is 71.3 Å². The van der Waals surface area contributed by atoms with Gasteiger partial charge in [-0.1, -0.05) is 30.3 Å². The number of likely N-dealkylation sites (tertiary alicyclic amines) is 1. The van der Waals surface area contributed by atoms with Gasteiger partial charge in [-0.3, -0.25) is 4.79 Å². The SMILES string of the molecule is COc1ccc(OC)c([C@@H]2CCCN2C(=O)C[NH2+][C@@H](c2ccccc2)c2ccco2)c1. The van der Waals surface area contributed by atoms with Gasteiger partial charge in [0.2, 0.25) is 0 Å². The van der Waals surface area contributed by atoms with E-state index >= 15 is 0 Å². The second kappa shape index (κ2) is 9.71. The third kappa shape index (κ3) is 4.59. The summed E-state index contributed by atoms with van der Waals surface area (Å²) in [6.07, 6.45) is 3.55. The van der Waals surface area contributed by atoms with E-state index in [1.165, 1.54) is 0 Å². The number of nitrogens with zero attached hydrogens (tertiary/aromatic N) is 1. The molecule has 1 saturated heterocycles. The van der Waals surface area contributed by atoms with E-state index in [2.05, 4.69) is 17.4 Å². The molecule has 0 bridgehead atoms. The molecule has 0 aliphatic carbocycles. The number of rotatable bonds is 8. The van der Waals surface area contributed by atoms with Crippen molar-refractivity contribution in [3.63, 3.8) is 0 Å². The number of carbonyl (C=O) groups is 1. The third-order valence-corrected chi connectivity index (χ3v) is 5.91. The maximum atomic E-state index is 13.3. The molecule has 31 heavy (non-hydrogen) atoms. The number of hydrogen-bond acceptors (Lipinski definition) is 4. The number of furan rings is 1. The molecule has 0 spiro atoms. The molecular weight excluding hydrogens is 392 g/mol. The molecule has 1 amide bonds. The van der Waals surface area contributed by atoms with Crippen LogP contribution in [-0.2, 0) is 4.79 Å². The topological polar surface area (TPSA) is 68.5 Å². The Morgan fingerprint density at radius 1 is 1.13 bits per heavy atom. The van der Waals surface area contributed by atoms with Crippen molar-refractivity contribution in [2.24, 2.45) is 0 Å². The zero-order chi connectivity index (χ0) is 21.6. The minimum Gasteiger partial charge on any atom is -0.497 e.